The van der Waals surface area contributed by atoms with E-state index in [2.05, 4.69) is 0 Å². The van der Waals surface area contributed by atoms with Crippen LogP contribution in [0.15, 0.2) is 30.3 Å². The van der Waals surface area contributed by atoms with Crippen LogP contribution in [0.5, 0.6) is 0 Å². The number of β-lactam (4-membered cyclic amide) rings is 1. The predicted octanol–water partition coefficient (Wildman–Crippen LogP) is 3.54. The summed E-state index contributed by atoms with van der Waals surface area (Å²) in [6.45, 7) is 4.30. The Labute approximate surface area is 151 Å². The molecule has 2 amide bonds. The van der Waals surface area contributed by atoms with Crippen LogP contribution in [0, 0.1) is 5.41 Å². The zero-order chi connectivity index (χ0) is 19.1. The Morgan fingerprint density at radius 3 is 2.27 bits per heavy atom. The molecule has 26 heavy (non-hydrogen) atoms. The van der Waals surface area contributed by atoms with E-state index in [1.54, 1.807) is 0 Å². The Hall–Kier alpha value is -2.05. The minimum Gasteiger partial charge on any atom is -0.342 e. The zero-order valence-electron chi connectivity index (χ0n) is 14.9. The summed E-state index contributed by atoms with van der Waals surface area (Å²) >= 11 is 0. The third kappa shape index (κ3) is 3.19. The number of likely N-dealkylation sites (tertiary alicyclic amines) is 2. The molecule has 1 aromatic rings. The van der Waals surface area contributed by atoms with Crippen LogP contribution >= 0.6 is 0 Å². The van der Waals surface area contributed by atoms with Gasteiger partial charge in [-0.3, -0.25) is 9.59 Å². The van der Waals surface area contributed by atoms with Crippen molar-refractivity contribution in [2.45, 2.75) is 51.4 Å². The molecule has 2 saturated heterocycles. The van der Waals surface area contributed by atoms with Crippen molar-refractivity contribution in [1.29, 1.82) is 0 Å². The van der Waals surface area contributed by atoms with Crippen molar-refractivity contribution < 1.29 is 22.8 Å². The van der Waals surface area contributed by atoms with Gasteiger partial charge >= 0.3 is 6.18 Å². The maximum absolute atomic E-state index is 12.9. The highest BCUT2D eigenvalue weighted by atomic mass is 19.4. The first-order valence-corrected chi connectivity index (χ1v) is 8.88. The van der Waals surface area contributed by atoms with E-state index in [0.717, 1.165) is 5.56 Å². The van der Waals surface area contributed by atoms with Crippen molar-refractivity contribution in [3.05, 3.63) is 35.9 Å². The highest BCUT2D eigenvalue weighted by Gasteiger charge is 2.62. The Morgan fingerprint density at radius 2 is 1.77 bits per heavy atom. The number of benzene rings is 1. The van der Waals surface area contributed by atoms with Crippen molar-refractivity contribution in [3.8, 4) is 0 Å². The van der Waals surface area contributed by atoms with Crippen LogP contribution < -0.4 is 0 Å². The van der Waals surface area contributed by atoms with Gasteiger partial charge in [0.2, 0.25) is 11.8 Å². The summed E-state index contributed by atoms with van der Waals surface area (Å²) in [7, 11) is 0. The second-order valence-electron chi connectivity index (χ2n) is 7.45. The molecule has 0 N–H and O–H groups in total. The first-order valence-electron chi connectivity index (χ1n) is 8.88. The fraction of sp³-hybridized carbons (Fsp3) is 0.579. The van der Waals surface area contributed by atoms with Crippen molar-refractivity contribution in [2.24, 2.45) is 5.41 Å². The number of nitrogens with zero attached hydrogens (tertiary/aromatic N) is 2. The van der Waals surface area contributed by atoms with Crippen LogP contribution in [0.4, 0.5) is 13.2 Å². The van der Waals surface area contributed by atoms with Crippen LogP contribution in [0.1, 0.15) is 44.7 Å². The predicted molar refractivity (Wildman–Crippen MR) is 90.1 cm³/mol. The molecule has 2 aliphatic heterocycles. The molecule has 0 saturated carbocycles. The van der Waals surface area contributed by atoms with E-state index in [0.29, 0.717) is 12.8 Å². The van der Waals surface area contributed by atoms with Gasteiger partial charge < -0.3 is 9.80 Å². The molecule has 2 fully saturated rings. The highest BCUT2D eigenvalue weighted by molar-refractivity contribution is 5.91. The molecule has 0 radical (unpaired) electrons. The molecular weight excluding hydrogens is 345 g/mol. The number of rotatable bonds is 3. The van der Waals surface area contributed by atoms with Gasteiger partial charge in [-0.2, -0.15) is 13.2 Å². The van der Waals surface area contributed by atoms with E-state index in [1.807, 2.05) is 49.1 Å². The largest absolute Gasteiger partial charge is 0.397 e. The van der Waals surface area contributed by atoms with Gasteiger partial charge in [-0.25, -0.2) is 0 Å². The molecule has 0 aliphatic carbocycles. The Balaban J connectivity index is 1.78. The minimum absolute atomic E-state index is 0.0447. The first kappa shape index (κ1) is 18.7. The van der Waals surface area contributed by atoms with E-state index in [4.69, 9.17) is 0 Å². The Bertz CT molecular complexity index is 680. The second-order valence-corrected chi connectivity index (χ2v) is 7.45. The molecular formula is C19H23F3N2O2. The zero-order valence-corrected chi connectivity index (χ0v) is 14.9. The number of halogens is 3. The fourth-order valence-corrected chi connectivity index (χ4v) is 4.26. The van der Waals surface area contributed by atoms with E-state index < -0.39 is 23.9 Å². The van der Waals surface area contributed by atoms with E-state index in [-0.39, 0.29) is 31.1 Å². The highest BCUT2D eigenvalue weighted by Crippen LogP contribution is 2.56. The first-order chi connectivity index (χ1) is 12.2. The van der Waals surface area contributed by atoms with Crippen molar-refractivity contribution in [3.63, 3.8) is 0 Å². The average Bonchev–Trinajstić information content (AvgIpc) is 2.58. The standard InChI is InChI=1S/C19H23F3N2O2/c1-13(2)24-16(14-6-4-3-5-7-14)18(17(24)26)8-10-23(11-9-18)15(25)12-19(20,21)22/h3-7,13,16H,8-12H2,1-2H3. The van der Waals surface area contributed by atoms with Gasteiger partial charge in [0, 0.05) is 19.1 Å². The van der Waals surface area contributed by atoms with Crippen LogP contribution in [-0.4, -0.2) is 46.9 Å². The van der Waals surface area contributed by atoms with Crippen molar-refractivity contribution in [1.82, 2.24) is 9.80 Å². The summed E-state index contributed by atoms with van der Waals surface area (Å²) < 4.78 is 37.4. The van der Waals surface area contributed by atoms with E-state index >= 15 is 0 Å². The van der Waals surface area contributed by atoms with Crippen LogP contribution in [0.25, 0.3) is 0 Å². The lowest BCUT2D eigenvalue weighted by molar-refractivity contribution is -0.188. The van der Waals surface area contributed by atoms with Crippen LogP contribution in [-0.2, 0) is 9.59 Å². The minimum atomic E-state index is -4.50. The maximum atomic E-state index is 12.9. The fourth-order valence-electron chi connectivity index (χ4n) is 4.26. The summed E-state index contributed by atoms with van der Waals surface area (Å²) in [5.41, 5.74) is 0.427. The summed E-state index contributed by atoms with van der Waals surface area (Å²) in [5, 5.41) is 0. The molecule has 2 heterocycles. The quantitative estimate of drug-likeness (QED) is 0.766. The van der Waals surface area contributed by atoms with Crippen molar-refractivity contribution in [2.75, 3.05) is 13.1 Å². The lowest BCUT2D eigenvalue weighted by Crippen LogP contribution is -2.68. The SMILES string of the molecule is CC(C)N1C(=O)C2(CCN(C(=O)CC(F)(F)F)CC2)C1c1ccccc1. The maximum Gasteiger partial charge on any atom is 0.397 e. The van der Waals surface area contributed by atoms with Gasteiger partial charge in [0.25, 0.3) is 0 Å². The number of piperidine rings is 1. The molecule has 3 rings (SSSR count). The van der Waals surface area contributed by atoms with Gasteiger partial charge in [-0.1, -0.05) is 30.3 Å². The number of hydrogen-bond donors (Lipinski definition) is 0. The summed E-state index contributed by atoms with van der Waals surface area (Å²) in [6, 6.07) is 9.68. The van der Waals surface area contributed by atoms with Gasteiger partial charge in [0.05, 0.1) is 11.5 Å². The number of carbonyl (C=O) groups is 2. The van der Waals surface area contributed by atoms with Gasteiger partial charge in [-0.15, -0.1) is 0 Å². The molecule has 4 nitrogen and oxygen atoms in total. The third-order valence-electron chi connectivity index (χ3n) is 5.49. The summed E-state index contributed by atoms with van der Waals surface area (Å²) in [5.74, 6) is -0.861. The molecule has 142 valence electrons. The molecule has 1 spiro atoms. The molecule has 0 aromatic heterocycles. The Morgan fingerprint density at radius 1 is 1.19 bits per heavy atom. The lowest BCUT2D eigenvalue weighted by atomic mass is 9.61. The second kappa shape index (κ2) is 6.59. The normalized spacial score (nSPS) is 22.7. The van der Waals surface area contributed by atoms with Gasteiger partial charge in [-0.05, 0) is 32.3 Å². The van der Waals surface area contributed by atoms with Crippen molar-refractivity contribution >= 4 is 11.8 Å². The third-order valence-corrected chi connectivity index (χ3v) is 5.49. The number of amides is 2. The summed E-state index contributed by atoms with van der Waals surface area (Å²) in [6.07, 6.45) is -5.13. The molecule has 1 aromatic carbocycles. The number of alkyl halides is 3. The van der Waals surface area contributed by atoms with Crippen LogP contribution in [0.2, 0.25) is 0 Å². The number of carbonyl (C=O) groups excluding carboxylic acids is 2. The monoisotopic (exact) mass is 368 g/mol. The van der Waals surface area contributed by atoms with Gasteiger partial charge in [0.1, 0.15) is 6.42 Å². The molecule has 1 atom stereocenters. The smallest absolute Gasteiger partial charge is 0.342 e. The van der Waals surface area contributed by atoms with Gasteiger partial charge in [0.15, 0.2) is 0 Å². The Kier molecular flexibility index (Phi) is 4.75. The van der Waals surface area contributed by atoms with E-state index in [9.17, 15) is 22.8 Å². The average molecular weight is 368 g/mol. The van der Waals surface area contributed by atoms with E-state index in [1.165, 1.54) is 4.90 Å². The van der Waals surface area contributed by atoms with Crippen LogP contribution in [0.3, 0.4) is 0 Å². The molecule has 1 unspecified atom stereocenters. The molecule has 0 bridgehead atoms. The number of hydrogen-bond acceptors (Lipinski definition) is 2. The molecule has 7 heteroatoms. The molecule has 2 aliphatic rings. The topological polar surface area (TPSA) is 40.6 Å². The summed E-state index contributed by atoms with van der Waals surface area (Å²) in [4.78, 5) is 27.9. The lowest BCUT2D eigenvalue weighted by Gasteiger charge is -2.60.